The van der Waals surface area contributed by atoms with Gasteiger partial charge in [-0.15, -0.1) is 5.10 Å². The van der Waals surface area contributed by atoms with Crippen LogP contribution in [0.15, 0.2) is 66.9 Å². The Balaban J connectivity index is 1.56. The van der Waals surface area contributed by atoms with Gasteiger partial charge < -0.3 is 4.90 Å². The van der Waals surface area contributed by atoms with Crippen LogP contribution in [-0.2, 0) is 6.54 Å². The number of carbonyl (C=O) groups is 1. The predicted octanol–water partition coefficient (Wildman–Crippen LogP) is 3.53. The molecule has 0 N–H and O–H groups in total. The molecule has 126 valence electrons. The van der Waals surface area contributed by atoms with E-state index in [1.165, 1.54) is 6.42 Å². The molecule has 1 aromatic heterocycles. The molecule has 0 atom stereocenters. The van der Waals surface area contributed by atoms with Crippen LogP contribution < -0.4 is 4.90 Å². The zero-order chi connectivity index (χ0) is 17.1. The summed E-state index contributed by atoms with van der Waals surface area (Å²) in [6.07, 6.45) is 4.99. The standard InChI is InChI=1S/C20H20N4O/c25-20(24(18-12-7-13-18)17-10-5-2-6-11-17)19-15-23(22-21-19)14-16-8-3-1-4-9-16/h1-6,8-11,15,18H,7,12-14H2. The van der Waals surface area contributed by atoms with Gasteiger partial charge >= 0.3 is 0 Å². The lowest BCUT2D eigenvalue weighted by molar-refractivity contribution is 0.0959. The van der Waals surface area contributed by atoms with Gasteiger partial charge in [0.2, 0.25) is 0 Å². The lowest BCUT2D eigenvalue weighted by Crippen LogP contribution is -2.44. The van der Waals surface area contributed by atoms with Gasteiger partial charge in [0.05, 0.1) is 12.7 Å². The van der Waals surface area contributed by atoms with Crippen LogP contribution in [-0.4, -0.2) is 26.9 Å². The molecule has 0 bridgehead atoms. The molecule has 1 aliphatic carbocycles. The molecule has 0 radical (unpaired) electrons. The molecule has 1 fully saturated rings. The Labute approximate surface area is 146 Å². The maximum atomic E-state index is 13.1. The van der Waals surface area contributed by atoms with Crippen molar-refractivity contribution in [2.45, 2.75) is 31.8 Å². The van der Waals surface area contributed by atoms with Gasteiger partial charge in [-0.25, -0.2) is 4.68 Å². The molecule has 2 aromatic carbocycles. The van der Waals surface area contributed by atoms with Crippen molar-refractivity contribution in [1.82, 2.24) is 15.0 Å². The summed E-state index contributed by atoms with van der Waals surface area (Å²) in [7, 11) is 0. The van der Waals surface area contributed by atoms with Crippen molar-refractivity contribution in [3.63, 3.8) is 0 Å². The monoisotopic (exact) mass is 332 g/mol. The Morgan fingerprint density at radius 1 is 1.04 bits per heavy atom. The summed E-state index contributed by atoms with van der Waals surface area (Å²) in [5.74, 6) is -0.0739. The number of para-hydroxylation sites is 1. The fourth-order valence-electron chi connectivity index (χ4n) is 3.09. The normalized spacial score (nSPS) is 14.1. The third-order valence-electron chi connectivity index (χ3n) is 4.64. The van der Waals surface area contributed by atoms with Crippen LogP contribution in [0.1, 0.15) is 35.3 Å². The van der Waals surface area contributed by atoms with Crippen molar-refractivity contribution in [3.8, 4) is 0 Å². The molecule has 1 saturated carbocycles. The molecule has 5 nitrogen and oxygen atoms in total. The molecule has 1 aliphatic rings. The molecule has 1 amide bonds. The minimum atomic E-state index is -0.0739. The predicted molar refractivity (Wildman–Crippen MR) is 96.5 cm³/mol. The summed E-state index contributed by atoms with van der Waals surface area (Å²) in [5.41, 5.74) is 2.45. The maximum absolute atomic E-state index is 13.1. The molecular weight excluding hydrogens is 312 g/mol. The fraction of sp³-hybridized carbons (Fsp3) is 0.250. The second kappa shape index (κ2) is 6.89. The molecule has 0 saturated heterocycles. The first-order valence-corrected chi connectivity index (χ1v) is 8.64. The van der Waals surface area contributed by atoms with E-state index in [2.05, 4.69) is 10.3 Å². The van der Waals surface area contributed by atoms with Crippen LogP contribution in [0.2, 0.25) is 0 Å². The van der Waals surface area contributed by atoms with Crippen molar-refractivity contribution in [2.75, 3.05) is 4.90 Å². The molecule has 25 heavy (non-hydrogen) atoms. The second-order valence-electron chi connectivity index (χ2n) is 6.38. The summed E-state index contributed by atoms with van der Waals surface area (Å²) in [6.45, 7) is 0.607. The zero-order valence-electron chi connectivity index (χ0n) is 14.0. The second-order valence-corrected chi connectivity index (χ2v) is 6.38. The van der Waals surface area contributed by atoms with Crippen molar-refractivity contribution in [1.29, 1.82) is 0 Å². The SMILES string of the molecule is O=C(c1cn(Cc2ccccc2)nn1)N(c1ccccc1)C1CCC1. The van der Waals surface area contributed by atoms with Gasteiger partial charge in [-0.2, -0.15) is 0 Å². The minimum Gasteiger partial charge on any atom is -0.304 e. The summed E-state index contributed by atoms with van der Waals surface area (Å²) in [4.78, 5) is 14.9. The van der Waals surface area contributed by atoms with Crippen LogP contribution in [0.5, 0.6) is 0 Å². The minimum absolute atomic E-state index is 0.0739. The summed E-state index contributed by atoms with van der Waals surface area (Å²) >= 11 is 0. The van der Waals surface area contributed by atoms with Gasteiger partial charge in [-0.05, 0) is 37.0 Å². The molecule has 5 heteroatoms. The van der Waals surface area contributed by atoms with E-state index in [1.807, 2.05) is 65.6 Å². The van der Waals surface area contributed by atoms with E-state index in [-0.39, 0.29) is 11.9 Å². The van der Waals surface area contributed by atoms with Crippen molar-refractivity contribution in [3.05, 3.63) is 78.1 Å². The van der Waals surface area contributed by atoms with Gasteiger partial charge in [0.15, 0.2) is 5.69 Å². The summed E-state index contributed by atoms with van der Waals surface area (Å²) < 4.78 is 1.71. The molecule has 3 aromatic rings. The third-order valence-corrected chi connectivity index (χ3v) is 4.64. The highest BCUT2D eigenvalue weighted by molar-refractivity contribution is 6.05. The van der Waals surface area contributed by atoms with Crippen molar-refractivity contribution in [2.24, 2.45) is 0 Å². The van der Waals surface area contributed by atoms with E-state index in [0.717, 1.165) is 24.1 Å². The van der Waals surface area contributed by atoms with Gasteiger partial charge in [0.1, 0.15) is 0 Å². The number of carbonyl (C=O) groups excluding carboxylic acids is 1. The highest BCUT2D eigenvalue weighted by Crippen LogP contribution is 2.30. The van der Waals surface area contributed by atoms with E-state index < -0.39 is 0 Å². The molecular formula is C20H20N4O. The smallest absolute Gasteiger partial charge is 0.280 e. The topological polar surface area (TPSA) is 51.0 Å². The number of anilines is 1. The van der Waals surface area contributed by atoms with Crippen LogP contribution in [0, 0.1) is 0 Å². The molecule has 0 spiro atoms. The van der Waals surface area contributed by atoms with E-state index in [9.17, 15) is 4.79 Å². The highest BCUT2D eigenvalue weighted by atomic mass is 16.2. The number of nitrogens with zero attached hydrogens (tertiary/aromatic N) is 4. The molecule has 0 aliphatic heterocycles. The van der Waals surface area contributed by atoms with Crippen LogP contribution >= 0.6 is 0 Å². The molecule has 4 rings (SSSR count). The average Bonchev–Trinajstić information content (AvgIpc) is 3.07. The van der Waals surface area contributed by atoms with Gasteiger partial charge in [0, 0.05) is 11.7 Å². The van der Waals surface area contributed by atoms with E-state index >= 15 is 0 Å². The van der Waals surface area contributed by atoms with Crippen molar-refractivity contribution < 1.29 is 4.79 Å². The number of amides is 1. The largest absolute Gasteiger partial charge is 0.304 e. The van der Waals surface area contributed by atoms with E-state index in [0.29, 0.717) is 12.2 Å². The van der Waals surface area contributed by atoms with Crippen LogP contribution in [0.25, 0.3) is 0 Å². The lowest BCUT2D eigenvalue weighted by Gasteiger charge is -2.37. The van der Waals surface area contributed by atoms with E-state index in [1.54, 1.807) is 10.9 Å². The maximum Gasteiger partial charge on any atom is 0.280 e. The lowest BCUT2D eigenvalue weighted by atomic mass is 9.90. The van der Waals surface area contributed by atoms with Crippen molar-refractivity contribution >= 4 is 11.6 Å². The number of rotatable bonds is 5. The Morgan fingerprint density at radius 3 is 2.36 bits per heavy atom. The summed E-state index contributed by atoms with van der Waals surface area (Å²) in [5, 5.41) is 8.25. The summed E-state index contributed by atoms with van der Waals surface area (Å²) in [6, 6.07) is 20.1. The highest BCUT2D eigenvalue weighted by Gasteiger charge is 2.31. The molecule has 0 unspecified atom stereocenters. The first-order chi connectivity index (χ1) is 12.3. The number of hydrogen-bond donors (Lipinski definition) is 0. The van der Waals surface area contributed by atoms with Gasteiger partial charge in [-0.1, -0.05) is 53.7 Å². The Kier molecular flexibility index (Phi) is 4.29. The van der Waals surface area contributed by atoms with E-state index in [4.69, 9.17) is 0 Å². The number of hydrogen-bond acceptors (Lipinski definition) is 3. The third kappa shape index (κ3) is 3.31. The Bertz CT molecular complexity index is 840. The number of benzene rings is 2. The molecule has 1 heterocycles. The fourth-order valence-corrected chi connectivity index (χ4v) is 3.09. The van der Waals surface area contributed by atoms with Crippen LogP contribution in [0.3, 0.4) is 0 Å². The first-order valence-electron chi connectivity index (χ1n) is 8.64. The number of aromatic nitrogens is 3. The van der Waals surface area contributed by atoms with Crippen LogP contribution in [0.4, 0.5) is 5.69 Å². The quantitative estimate of drug-likeness (QED) is 0.718. The average molecular weight is 332 g/mol. The first kappa shape index (κ1) is 15.6. The zero-order valence-corrected chi connectivity index (χ0v) is 14.0. The Morgan fingerprint density at radius 2 is 1.72 bits per heavy atom. The van der Waals surface area contributed by atoms with Gasteiger partial charge in [0.25, 0.3) is 5.91 Å². The Hall–Kier alpha value is -2.95. The van der Waals surface area contributed by atoms with Gasteiger partial charge in [-0.3, -0.25) is 4.79 Å².